The molecule has 142 valence electrons. The van der Waals surface area contributed by atoms with Crippen molar-refractivity contribution in [3.8, 4) is 10.7 Å². The van der Waals surface area contributed by atoms with Gasteiger partial charge in [-0.15, -0.1) is 11.3 Å². The van der Waals surface area contributed by atoms with Crippen molar-refractivity contribution in [2.45, 2.75) is 19.8 Å². The fourth-order valence-corrected chi connectivity index (χ4v) is 3.65. The van der Waals surface area contributed by atoms with Crippen molar-refractivity contribution in [2.75, 3.05) is 6.61 Å². The van der Waals surface area contributed by atoms with Gasteiger partial charge in [0.25, 0.3) is 0 Å². The van der Waals surface area contributed by atoms with Gasteiger partial charge in [-0.2, -0.15) is 4.98 Å². The number of carbonyl (C=O) groups is 2. The second-order valence-corrected chi connectivity index (χ2v) is 7.19. The zero-order chi connectivity index (χ0) is 19.5. The van der Waals surface area contributed by atoms with Crippen LogP contribution in [0, 0.1) is 6.92 Å². The van der Waals surface area contributed by atoms with Gasteiger partial charge in [0.05, 0.1) is 11.3 Å². The fraction of sp³-hybridized carbons (Fsp3) is 0.200. The Labute approximate surface area is 164 Å². The molecule has 0 saturated carbocycles. The van der Waals surface area contributed by atoms with E-state index in [0.717, 1.165) is 21.5 Å². The molecule has 1 N–H and O–H groups in total. The lowest BCUT2D eigenvalue weighted by molar-refractivity contribution is -0.142. The number of aromatic amines is 1. The lowest BCUT2D eigenvalue weighted by Gasteiger charge is -2.04. The minimum absolute atomic E-state index is 0.0617. The maximum Gasteiger partial charge on any atom is 0.306 e. The van der Waals surface area contributed by atoms with Crippen LogP contribution in [-0.2, 0) is 16.0 Å². The minimum Gasteiger partial charge on any atom is -0.457 e. The molecule has 4 aromatic rings. The van der Waals surface area contributed by atoms with Gasteiger partial charge in [0.2, 0.25) is 17.5 Å². The third-order valence-corrected chi connectivity index (χ3v) is 5.16. The molecule has 0 fully saturated rings. The number of nitrogens with zero attached hydrogens (tertiary/aromatic N) is 2. The highest BCUT2D eigenvalue weighted by Gasteiger charge is 2.18. The van der Waals surface area contributed by atoms with Crippen LogP contribution in [0.15, 0.2) is 46.3 Å². The highest BCUT2D eigenvalue weighted by molar-refractivity contribution is 7.13. The van der Waals surface area contributed by atoms with Gasteiger partial charge >= 0.3 is 5.97 Å². The van der Waals surface area contributed by atoms with Crippen molar-refractivity contribution in [3.63, 3.8) is 0 Å². The number of benzene rings is 1. The van der Waals surface area contributed by atoms with E-state index in [1.807, 2.05) is 48.7 Å². The van der Waals surface area contributed by atoms with Gasteiger partial charge in [-0.25, -0.2) is 0 Å². The quantitative estimate of drug-likeness (QED) is 0.376. The van der Waals surface area contributed by atoms with Crippen LogP contribution in [0.5, 0.6) is 0 Å². The van der Waals surface area contributed by atoms with Crippen molar-refractivity contribution in [3.05, 3.63) is 58.9 Å². The smallest absolute Gasteiger partial charge is 0.306 e. The number of esters is 1. The zero-order valence-electron chi connectivity index (χ0n) is 15.1. The van der Waals surface area contributed by atoms with Gasteiger partial charge in [0.1, 0.15) is 0 Å². The molecule has 0 saturated heterocycles. The molecule has 7 nitrogen and oxygen atoms in total. The fourth-order valence-electron chi connectivity index (χ4n) is 3.00. The maximum absolute atomic E-state index is 12.5. The van der Waals surface area contributed by atoms with Crippen molar-refractivity contribution >= 4 is 34.0 Å². The predicted octanol–water partition coefficient (Wildman–Crippen LogP) is 3.95. The van der Waals surface area contributed by atoms with Crippen LogP contribution in [0.1, 0.15) is 28.4 Å². The third-order valence-electron chi connectivity index (χ3n) is 4.29. The van der Waals surface area contributed by atoms with Gasteiger partial charge in [-0.1, -0.05) is 29.4 Å². The summed E-state index contributed by atoms with van der Waals surface area (Å²) in [6, 6.07) is 11.3. The lowest BCUT2D eigenvalue weighted by atomic mass is 10.1. The van der Waals surface area contributed by atoms with E-state index in [1.54, 1.807) is 0 Å². The number of aryl methyl sites for hydroxylation is 2. The van der Waals surface area contributed by atoms with Gasteiger partial charge in [-0.3, -0.25) is 9.59 Å². The molecule has 0 radical (unpaired) electrons. The second kappa shape index (κ2) is 7.77. The molecular formula is C20H17N3O4S. The summed E-state index contributed by atoms with van der Waals surface area (Å²) in [6.45, 7) is 1.53. The summed E-state index contributed by atoms with van der Waals surface area (Å²) in [5, 5.41) is 6.65. The number of nitrogens with one attached hydrogen (secondary N) is 1. The third kappa shape index (κ3) is 3.72. The summed E-state index contributed by atoms with van der Waals surface area (Å²) in [6.07, 6.45) is 0.323. The summed E-state index contributed by atoms with van der Waals surface area (Å²) >= 11 is 1.51. The molecule has 0 atom stereocenters. The van der Waals surface area contributed by atoms with E-state index >= 15 is 0 Å². The molecule has 0 aliphatic heterocycles. The molecular weight excluding hydrogens is 378 g/mol. The topological polar surface area (TPSA) is 98.1 Å². The van der Waals surface area contributed by atoms with E-state index in [1.165, 1.54) is 11.3 Å². The van der Waals surface area contributed by atoms with Crippen molar-refractivity contribution < 1.29 is 18.8 Å². The standard InChI is InChI=1S/C20H17N3O4S/c1-12-19(13-5-2-3-6-14(13)21-12)15(24)11-26-18(25)9-8-17-22-20(23-27-17)16-7-4-10-28-16/h2-7,10,21H,8-9,11H2,1H3. The number of fused-ring (bicyclic) bond motifs is 1. The van der Waals surface area contributed by atoms with Crippen molar-refractivity contribution in [2.24, 2.45) is 0 Å². The monoisotopic (exact) mass is 395 g/mol. The number of rotatable bonds is 7. The van der Waals surface area contributed by atoms with Crippen molar-refractivity contribution in [1.29, 1.82) is 0 Å². The average Bonchev–Trinajstić information content (AvgIpc) is 3.42. The van der Waals surface area contributed by atoms with E-state index in [4.69, 9.17) is 9.26 Å². The molecule has 4 rings (SSSR count). The molecule has 1 aromatic carbocycles. The van der Waals surface area contributed by atoms with Crippen LogP contribution in [0.25, 0.3) is 21.6 Å². The summed E-state index contributed by atoms with van der Waals surface area (Å²) in [5.74, 6) is 0.144. The van der Waals surface area contributed by atoms with Gasteiger partial charge < -0.3 is 14.2 Å². The Hall–Kier alpha value is -3.26. The maximum atomic E-state index is 12.5. The number of Topliss-reactive ketones (excluding diaryl/α,β-unsaturated/α-hetero) is 1. The number of thiophene rings is 1. The minimum atomic E-state index is -0.485. The summed E-state index contributed by atoms with van der Waals surface area (Å²) in [5.41, 5.74) is 2.20. The van der Waals surface area contributed by atoms with Crippen molar-refractivity contribution in [1.82, 2.24) is 15.1 Å². The molecule has 0 aliphatic rings. The van der Waals surface area contributed by atoms with E-state index in [9.17, 15) is 9.59 Å². The molecule has 0 unspecified atom stereocenters. The van der Waals surface area contributed by atoms with Gasteiger partial charge in [0, 0.05) is 28.6 Å². The van der Waals surface area contributed by atoms with E-state index < -0.39 is 5.97 Å². The van der Waals surface area contributed by atoms with Crippen LogP contribution in [0.4, 0.5) is 0 Å². The van der Waals surface area contributed by atoms with Crippen LogP contribution in [0.2, 0.25) is 0 Å². The number of carbonyl (C=O) groups excluding carboxylic acids is 2. The molecule has 28 heavy (non-hydrogen) atoms. The Morgan fingerprint density at radius 2 is 2.07 bits per heavy atom. The van der Waals surface area contributed by atoms with Crippen LogP contribution in [-0.4, -0.2) is 33.5 Å². The van der Waals surface area contributed by atoms with Gasteiger partial charge in [-0.05, 0) is 24.4 Å². The second-order valence-electron chi connectivity index (χ2n) is 6.24. The van der Waals surface area contributed by atoms with E-state index in [-0.39, 0.29) is 25.2 Å². The normalized spacial score (nSPS) is 11.0. The largest absolute Gasteiger partial charge is 0.457 e. The molecule has 0 spiro atoms. The Morgan fingerprint density at radius 1 is 1.21 bits per heavy atom. The molecule has 0 amide bonds. The molecule has 3 aromatic heterocycles. The average molecular weight is 395 g/mol. The number of H-pyrrole nitrogens is 1. The first-order valence-corrected chi connectivity index (χ1v) is 9.62. The first-order valence-electron chi connectivity index (χ1n) is 8.74. The number of hydrogen-bond donors (Lipinski definition) is 1. The van der Waals surface area contributed by atoms with Crippen LogP contribution in [0.3, 0.4) is 0 Å². The number of aromatic nitrogens is 3. The number of ether oxygens (including phenoxy) is 1. The SMILES string of the molecule is Cc1[nH]c2ccccc2c1C(=O)COC(=O)CCc1nc(-c2cccs2)no1. The summed E-state index contributed by atoms with van der Waals surface area (Å²) in [7, 11) is 0. The molecule has 0 bridgehead atoms. The number of ketones is 1. The first-order chi connectivity index (χ1) is 13.6. The summed E-state index contributed by atoms with van der Waals surface area (Å²) in [4.78, 5) is 32.8. The Kier molecular flexibility index (Phi) is 5.03. The molecule has 0 aliphatic carbocycles. The van der Waals surface area contributed by atoms with E-state index in [2.05, 4.69) is 15.1 Å². The Morgan fingerprint density at radius 3 is 2.89 bits per heavy atom. The van der Waals surface area contributed by atoms with Gasteiger partial charge in [0.15, 0.2) is 6.61 Å². The zero-order valence-corrected chi connectivity index (χ0v) is 15.9. The highest BCUT2D eigenvalue weighted by Crippen LogP contribution is 2.23. The Bertz CT molecular complexity index is 1130. The van der Waals surface area contributed by atoms with E-state index in [0.29, 0.717) is 17.3 Å². The predicted molar refractivity (Wildman–Crippen MR) is 104 cm³/mol. The molecule has 3 heterocycles. The number of hydrogen-bond acceptors (Lipinski definition) is 7. The number of para-hydroxylation sites is 1. The molecule has 8 heteroatoms. The summed E-state index contributed by atoms with van der Waals surface area (Å²) < 4.78 is 10.3. The Balaban J connectivity index is 1.32. The highest BCUT2D eigenvalue weighted by atomic mass is 32.1. The first kappa shape index (κ1) is 18.1. The lowest BCUT2D eigenvalue weighted by Crippen LogP contribution is -2.15. The van der Waals surface area contributed by atoms with Crippen LogP contribution >= 0.6 is 11.3 Å². The van der Waals surface area contributed by atoms with Crippen LogP contribution < -0.4 is 0 Å².